The summed E-state index contributed by atoms with van der Waals surface area (Å²) in [7, 11) is 3.86. The number of aliphatic hydroxyl groups excluding tert-OH is 1. The zero-order chi connectivity index (χ0) is 17.5. The maximum absolute atomic E-state index is 12.2. The minimum Gasteiger partial charge on any atom is -0.388 e. The van der Waals surface area contributed by atoms with Crippen molar-refractivity contribution < 1.29 is 9.90 Å². The van der Waals surface area contributed by atoms with Crippen molar-refractivity contribution in [2.75, 3.05) is 24.3 Å². The highest BCUT2D eigenvalue weighted by atomic mass is 16.3. The molecule has 0 spiro atoms. The Morgan fingerprint density at radius 1 is 1.08 bits per heavy atom. The molecule has 24 heavy (non-hydrogen) atoms. The van der Waals surface area contributed by atoms with Crippen molar-refractivity contribution in [1.29, 1.82) is 0 Å². The molecule has 0 heterocycles. The van der Waals surface area contributed by atoms with Crippen molar-refractivity contribution >= 4 is 17.4 Å². The van der Waals surface area contributed by atoms with Crippen molar-refractivity contribution in [3.05, 3.63) is 60.2 Å². The van der Waals surface area contributed by atoms with Gasteiger partial charge in [-0.1, -0.05) is 42.5 Å². The number of rotatable bonds is 6. The molecule has 0 bridgehead atoms. The van der Waals surface area contributed by atoms with Gasteiger partial charge >= 0.3 is 6.03 Å². The van der Waals surface area contributed by atoms with Gasteiger partial charge in [0.25, 0.3) is 0 Å². The van der Waals surface area contributed by atoms with E-state index in [2.05, 4.69) is 10.6 Å². The number of hydrogen-bond donors (Lipinski definition) is 3. The van der Waals surface area contributed by atoms with Gasteiger partial charge in [-0.2, -0.15) is 0 Å². The van der Waals surface area contributed by atoms with Crippen LogP contribution in [0.25, 0.3) is 0 Å². The normalized spacial score (nSPS) is 13.0. The Hall–Kier alpha value is -2.53. The van der Waals surface area contributed by atoms with Gasteiger partial charge in [0.1, 0.15) is 0 Å². The summed E-state index contributed by atoms with van der Waals surface area (Å²) in [6, 6.07) is 16.6. The Balaban J connectivity index is 1.90. The van der Waals surface area contributed by atoms with Crippen molar-refractivity contribution in [2.24, 2.45) is 0 Å². The maximum Gasteiger partial charge on any atom is 0.319 e. The molecule has 128 valence electrons. The van der Waals surface area contributed by atoms with E-state index in [9.17, 15) is 9.90 Å². The van der Waals surface area contributed by atoms with E-state index in [1.807, 2.05) is 80.5 Å². The number of nitrogens with zero attached hydrogens (tertiary/aromatic N) is 1. The summed E-state index contributed by atoms with van der Waals surface area (Å²) in [5, 5.41) is 16.0. The number of hydrogen-bond acceptors (Lipinski definition) is 3. The molecule has 0 fully saturated rings. The molecule has 0 saturated heterocycles. The molecular formula is C19H25N3O2. The Bertz CT molecular complexity index is 659. The number of aliphatic hydroxyl groups is 1. The number of nitrogens with one attached hydrogen (secondary N) is 2. The molecule has 3 N–H and O–H groups in total. The van der Waals surface area contributed by atoms with E-state index in [0.717, 1.165) is 16.9 Å². The summed E-state index contributed by atoms with van der Waals surface area (Å²) in [4.78, 5) is 14.1. The molecule has 0 aliphatic carbocycles. The van der Waals surface area contributed by atoms with Gasteiger partial charge in [0.05, 0.1) is 17.5 Å². The Labute approximate surface area is 143 Å². The monoisotopic (exact) mass is 327 g/mol. The molecule has 0 aromatic heterocycles. The number of para-hydroxylation sites is 2. The highest BCUT2D eigenvalue weighted by Crippen LogP contribution is 2.23. The van der Waals surface area contributed by atoms with Crippen LogP contribution < -0.4 is 15.5 Å². The average Bonchev–Trinajstić information content (AvgIpc) is 2.55. The van der Waals surface area contributed by atoms with Crippen LogP contribution in [-0.2, 0) is 0 Å². The minimum absolute atomic E-state index is 0.160. The fraction of sp³-hybridized carbons (Fsp3) is 0.316. The molecule has 2 aromatic rings. The third kappa shape index (κ3) is 4.99. The highest BCUT2D eigenvalue weighted by Gasteiger charge is 2.15. The lowest BCUT2D eigenvalue weighted by molar-refractivity contribution is 0.155. The second-order valence-electron chi connectivity index (χ2n) is 6.07. The van der Waals surface area contributed by atoms with Crippen LogP contribution in [-0.4, -0.2) is 31.3 Å². The standard InChI is InChI=1S/C19H25N3O2/c1-14(13-18(23)15-9-5-4-6-10-15)20-19(24)21-16-11-7-8-12-17(16)22(2)3/h4-12,14,18,23H,13H2,1-3H3,(H2,20,21,24)/t14-,18-/m1/s1. The summed E-state index contributed by atoms with van der Waals surface area (Å²) in [5.41, 5.74) is 2.53. The SMILES string of the molecule is C[C@H](C[C@@H](O)c1ccccc1)NC(=O)Nc1ccccc1N(C)C. The molecule has 0 aliphatic rings. The number of urea groups is 1. The molecule has 0 saturated carbocycles. The molecule has 0 radical (unpaired) electrons. The summed E-state index contributed by atoms with van der Waals surface area (Å²) < 4.78 is 0. The molecule has 0 unspecified atom stereocenters. The summed E-state index contributed by atoms with van der Waals surface area (Å²) in [6.45, 7) is 1.88. The maximum atomic E-state index is 12.2. The Morgan fingerprint density at radius 2 is 1.71 bits per heavy atom. The van der Waals surface area contributed by atoms with Crippen LogP contribution in [0, 0.1) is 0 Å². The summed E-state index contributed by atoms with van der Waals surface area (Å²) in [6.07, 6.45) is -0.150. The van der Waals surface area contributed by atoms with E-state index in [-0.39, 0.29) is 12.1 Å². The van der Waals surface area contributed by atoms with Crippen molar-refractivity contribution in [3.63, 3.8) is 0 Å². The number of carbonyl (C=O) groups is 1. The molecule has 5 heteroatoms. The first kappa shape index (κ1) is 17.8. The van der Waals surface area contributed by atoms with Gasteiger partial charge in [0.2, 0.25) is 0 Å². The fourth-order valence-electron chi connectivity index (χ4n) is 2.56. The van der Waals surface area contributed by atoms with E-state index >= 15 is 0 Å². The second-order valence-corrected chi connectivity index (χ2v) is 6.07. The van der Waals surface area contributed by atoms with Crippen LogP contribution in [0.5, 0.6) is 0 Å². The minimum atomic E-state index is -0.601. The lowest BCUT2D eigenvalue weighted by Gasteiger charge is -2.21. The Morgan fingerprint density at radius 3 is 2.38 bits per heavy atom. The molecular weight excluding hydrogens is 302 g/mol. The first-order valence-corrected chi connectivity index (χ1v) is 8.04. The van der Waals surface area contributed by atoms with Crippen LogP contribution in [0.3, 0.4) is 0 Å². The van der Waals surface area contributed by atoms with Crippen LogP contribution in [0.15, 0.2) is 54.6 Å². The van der Waals surface area contributed by atoms with Gasteiger partial charge in [-0.15, -0.1) is 0 Å². The molecule has 2 atom stereocenters. The largest absolute Gasteiger partial charge is 0.388 e. The topological polar surface area (TPSA) is 64.6 Å². The van der Waals surface area contributed by atoms with Crippen LogP contribution >= 0.6 is 0 Å². The second kappa shape index (κ2) is 8.36. The fourth-order valence-corrected chi connectivity index (χ4v) is 2.56. The lowest BCUT2D eigenvalue weighted by Crippen LogP contribution is -2.37. The molecule has 2 aromatic carbocycles. The van der Waals surface area contributed by atoms with Crippen molar-refractivity contribution in [2.45, 2.75) is 25.5 Å². The van der Waals surface area contributed by atoms with E-state index < -0.39 is 6.10 Å². The lowest BCUT2D eigenvalue weighted by atomic mass is 10.0. The van der Waals surface area contributed by atoms with Crippen molar-refractivity contribution in [1.82, 2.24) is 5.32 Å². The van der Waals surface area contributed by atoms with Gasteiger partial charge < -0.3 is 20.6 Å². The van der Waals surface area contributed by atoms with Crippen LogP contribution in [0.1, 0.15) is 25.0 Å². The number of amides is 2. The zero-order valence-electron chi connectivity index (χ0n) is 14.4. The average molecular weight is 327 g/mol. The third-order valence-corrected chi connectivity index (χ3v) is 3.77. The number of anilines is 2. The molecule has 0 aliphatic heterocycles. The Kier molecular flexibility index (Phi) is 6.21. The highest BCUT2D eigenvalue weighted by molar-refractivity contribution is 5.93. The van der Waals surface area contributed by atoms with Crippen LogP contribution in [0.2, 0.25) is 0 Å². The predicted molar refractivity (Wildman–Crippen MR) is 98.4 cm³/mol. The van der Waals surface area contributed by atoms with Gasteiger partial charge in [0, 0.05) is 20.1 Å². The first-order valence-electron chi connectivity index (χ1n) is 8.04. The third-order valence-electron chi connectivity index (χ3n) is 3.77. The summed E-state index contributed by atoms with van der Waals surface area (Å²) >= 11 is 0. The van der Waals surface area contributed by atoms with E-state index in [1.54, 1.807) is 0 Å². The quantitative estimate of drug-likeness (QED) is 0.762. The van der Waals surface area contributed by atoms with Gasteiger partial charge in [0.15, 0.2) is 0 Å². The zero-order valence-corrected chi connectivity index (χ0v) is 14.4. The smallest absolute Gasteiger partial charge is 0.319 e. The molecule has 2 rings (SSSR count). The van der Waals surface area contributed by atoms with Gasteiger partial charge in [-0.05, 0) is 31.0 Å². The number of carbonyl (C=O) groups excluding carboxylic acids is 1. The van der Waals surface area contributed by atoms with Crippen molar-refractivity contribution in [3.8, 4) is 0 Å². The van der Waals surface area contributed by atoms with Gasteiger partial charge in [-0.25, -0.2) is 4.79 Å². The van der Waals surface area contributed by atoms with Gasteiger partial charge in [-0.3, -0.25) is 0 Å². The van der Waals surface area contributed by atoms with E-state index in [4.69, 9.17) is 0 Å². The van der Waals surface area contributed by atoms with E-state index in [1.165, 1.54) is 0 Å². The first-order chi connectivity index (χ1) is 11.5. The molecule has 2 amide bonds. The summed E-state index contributed by atoms with van der Waals surface area (Å²) in [5.74, 6) is 0. The number of benzene rings is 2. The predicted octanol–water partition coefficient (Wildman–Crippen LogP) is 3.39. The van der Waals surface area contributed by atoms with Crippen LogP contribution in [0.4, 0.5) is 16.2 Å². The van der Waals surface area contributed by atoms with E-state index in [0.29, 0.717) is 6.42 Å². The molecule has 5 nitrogen and oxygen atoms in total.